The van der Waals surface area contributed by atoms with E-state index in [1.54, 1.807) is 25.2 Å². The molecular formula is C12H19N3O2S. The molecule has 1 fully saturated rings. The van der Waals surface area contributed by atoms with Gasteiger partial charge in [-0.2, -0.15) is 0 Å². The summed E-state index contributed by atoms with van der Waals surface area (Å²) < 4.78 is 10.8. The third-order valence-electron chi connectivity index (χ3n) is 2.77. The van der Waals surface area contributed by atoms with E-state index < -0.39 is 0 Å². The molecule has 0 atom stereocenters. The van der Waals surface area contributed by atoms with Crippen LogP contribution in [0.15, 0.2) is 11.4 Å². The highest BCUT2D eigenvalue weighted by atomic mass is 32.2. The Labute approximate surface area is 112 Å². The van der Waals surface area contributed by atoms with Gasteiger partial charge in [-0.25, -0.2) is 9.97 Å². The molecule has 18 heavy (non-hydrogen) atoms. The van der Waals surface area contributed by atoms with Crippen LogP contribution < -0.4 is 10.1 Å². The maximum Gasteiger partial charge on any atom is 0.193 e. The third kappa shape index (κ3) is 3.26. The SMILES string of the molecule is CCNc1ncnc(SC2CCOCC2)c1OC. The highest BCUT2D eigenvalue weighted by Gasteiger charge is 2.20. The second-order valence-electron chi connectivity index (χ2n) is 4.02. The second-order valence-corrected chi connectivity index (χ2v) is 5.31. The number of nitrogens with one attached hydrogen (secondary N) is 1. The van der Waals surface area contributed by atoms with Crippen molar-refractivity contribution in [3.8, 4) is 5.75 Å². The Kier molecular flexibility index (Phi) is 5.07. The lowest BCUT2D eigenvalue weighted by molar-refractivity contribution is 0.1000. The number of thioether (sulfide) groups is 1. The first-order chi connectivity index (χ1) is 8.85. The van der Waals surface area contributed by atoms with Gasteiger partial charge in [0.15, 0.2) is 11.6 Å². The molecule has 0 bridgehead atoms. The standard InChI is InChI=1S/C12H19N3O2S/c1-3-13-11-10(16-2)12(15-8-14-11)18-9-4-6-17-7-5-9/h8-9H,3-7H2,1-2H3,(H,13,14,15). The fraction of sp³-hybridized carbons (Fsp3) is 0.667. The molecule has 1 saturated heterocycles. The number of methoxy groups -OCH3 is 1. The molecule has 2 heterocycles. The van der Waals surface area contributed by atoms with Crippen molar-refractivity contribution in [1.29, 1.82) is 0 Å². The van der Waals surface area contributed by atoms with Crippen LogP contribution in [0.3, 0.4) is 0 Å². The molecule has 2 rings (SSSR count). The van der Waals surface area contributed by atoms with Crippen molar-refractivity contribution in [2.24, 2.45) is 0 Å². The van der Waals surface area contributed by atoms with Gasteiger partial charge in [-0.3, -0.25) is 0 Å². The van der Waals surface area contributed by atoms with Crippen molar-refractivity contribution in [3.05, 3.63) is 6.33 Å². The maximum absolute atomic E-state index is 5.43. The van der Waals surface area contributed by atoms with E-state index in [2.05, 4.69) is 15.3 Å². The molecular weight excluding hydrogens is 250 g/mol. The highest BCUT2D eigenvalue weighted by Crippen LogP contribution is 2.37. The zero-order chi connectivity index (χ0) is 12.8. The van der Waals surface area contributed by atoms with Crippen LogP contribution in [0.2, 0.25) is 0 Å². The van der Waals surface area contributed by atoms with Crippen LogP contribution in [0.5, 0.6) is 5.75 Å². The summed E-state index contributed by atoms with van der Waals surface area (Å²) in [7, 11) is 1.66. The van der Waals surface area contributed by atoms with E-state index in [0.717, 1.165) is 49.2 Å². The van der Waals surface area contributed by atoms with Gasteiger partial charge in [0.05, 0.1) is 7.11 Å². The van der Waals surface area contributed by atoms with Crippen LogP contribution in [0.25, 0.3) is 0 Å². The molecule has 1 aliphatic heterocycles. The summed E-state index contributed by atoms with van der Waals surface area (Å²) >= 11 is 1.76. The molecule has 100 valence electrons. The molecule has 5 nitrogen and oxygen atoms in total. The summed E-state index contributed by atoms with van der Waals surface area (Å²) in [6.45, 7) is 4.53. The van der Waals surface area contributed by atoms with Crippen LogP contribution >= 0.6 is 11.8 Å². The molecule has 0 aromatic carbocycles. The minimum absolute atomic E-state index is 0.553. The largest absolute Gasteiger partial charge is 0.490 e. The monoisotopic (exact) mass is 269 g/mol. The van der Waals surface area contributed by atoms with Crippen molar-refractivity contribution < 1.29 is 9.47 Å². The molecule has 0 saturated carbocycles. The maximum atomic E-state index is 5.43. The normalized spacial score (nSPS) is 16.6. The Hall–Kier alpha value is -1.01. The first kappa shape index (κ1) is 13.4. The highest BCUT2D eigenvalue weighted by molar-refractivity contribution is 8.00. The summed E-state index contributed by atoms with van der Waals surface area (Å²) in [5.41, 5.74) is 0. The van der Waals surface area contributed by atoms with E-state index in [1.165, 1.54) is 0 Å². The van der Waals surface area contributed by atoms with E-state index in [0.29, 0.717) is 5.25 Å². The quantitative estimate of drug-likeness (QED) is 0.827. The topological polar surface area (TPSA) is 56.3 Å². The molecule has 6 heteroatoms. The smallest absolute Gasteiger partial charge is 0.193 e. The Balaban J connectivity index is 2.12. The lowest BCUT2D eigenvalue weighted by Gasteiger charge is -2.22. The summed E-state index contributed by atoms with van der Waals surface area (Å²) in [5, 5.41) is 4.66. The van der Waals surface area contributed by atoms with E-state index in [-0.39, 0.29) is 0 Å². The van der Waals surface area contributed by atoms with Gasteiger partial charge in [0.1, 0.15) is 11.4 Å². The van der Waals surface area contributed by atoms with Gasteiger partial charge >= 0.3 is 0 Å². The summed E-state index contributed by atoms with van der Waals surface area (Å²) in [6.07, 6.45) is 3.71. The fourth-order valence-electron chi connectivity index (χ4n) is 1.87. The van der Waals surface area contributed by atoms with E-state index >= 15 is 0 Å². The second kappa shape index (κ2) is 6.80. The lowest BCUT2D eigenvalue weighted by atomic mass is 10.2. The molecule has 0 spiro atoms. The molecule has 1 aromatic heterocycles. The zero-order valence-corrected chi connectivity index (χ0v) is 11.6. The van der Waals surface area contributed by atoms with Crippen LogP contribution in [-0.2, 0) is 4.74 Å². The molecule has 0 radical (unpaired) electrons. The predicted octanol–water partition coefficient (Wildman–Crippen LogP) is 2.19. The number of hydrogen-bond acceptors (Lipinski definition) is 6. The van der Waals surface area contributed by atoms with E-state index in [1.807, 2.05) is 6.92 Å². The molecule has 0 amide bonds. The van der Waals surface area contributed by atoms with Crippen molar-refractivity contribution in [3.63, 3.8) is 0 Å². The Morgan fingerprint density at radius 1 is 1.44 bits per heavy atom. The van der Waals surface area contributed by atoms with Gasteiger partial charge in [-0.1, -0.05) is 11.8 Å². The average molecular weight is 269 g/mol. The van der Waals surface area contributed by atoms with Crippen LogP contribution in [0.4, 0.5) is 5.82 Å². The first-order valence-electron chi connectivity index (χ1n) is 6.22. The minimum Gasteiger partial charge on any atom is -0.490 e. The Morgan fingerprint density at radius 2 is 2.22 bits per heavy atom. The molecule has 0 aliphatic carbocycles. The number of aromatic nitrogens is 2. The minimum atomic E-state index is 0.553. The van der Waals surface area contributed by atoms with Crippen molar-refractivity contribution in [2.45, 2.75) is 30.0 Å². The van der Waals surface area contributed by atoms with Gasteiger partial charge in [0, 0.05) is 25.0 Å². The van der Waals surface area contributed by atoms with Gasteiger partial charge in [0.25, 0.3) is 0 Å². The van der Waals surface area contributed by atoms with E-state index in [9.17, 15) is 0 Å². The number of hydrogen-bond donors (Lipinski definition) is 1. The summed E-state index contributed by atoms with van der Waals surface area (Å²) in [6, 6.07) is 0. The number of anilines is 1. The lowest BCUT2D eigenvalue weighted by Crippen LogP contribution is -2.17. The molecule has 0 unspecified atom stereocenters. The zero-order valence-electron chi connectivity index (χ0n) is 10.8. The van der Waals surface area contributed by atoms with Crippen LogP contribution in [-0.4, -0.2) is 42.1 Å². The molecule has 1 aromatic rings. The van der Waals surface area contributed by atoms with Crippen molar-refractivity contribution >= 4 is 17.6 Å². The van der Waals surface area contributed by atoms with Crippen molar-refractivity contribution in [1.82, 2.24) is 9.97 Å². The van der Waals surface area contributed by atoms with Crippen LogP contribution in [0.1, 0.15) is 19.8 Å². The molecule has 1 N–H and O–H groups in total. The van der Waals surface area contributed by atoms with Gasteiger partial charge in [-0.05, 0) is 19.8 Å². The fourth-order valence-corrected chi connectivity index (χ4v) is 3.01. The predicted molar refractivity (Wildman–Crippen MR) is 72.4 cm³/mol. The third-order valence-corrected chi connectivity index (χ3v) is 4.08. The summed E-state index contributed by atoms with van der Waals surface area (Å²) in [4.78, 5) is 8.54. The van der Waals surface area contributed by atoms with Gasteiger partial charge in [-0.15, -0.1) is 0 Å². The molecule has 1 aliphatic rings. The Bertz CT molecular complexity index is 384. The number of nitrogens with zero attached hydrogens (tertiary/aromatic N) is 2. The van der Waals surface area contributed by atoms with Crippen LogP contribution in [0, 0.1) is 0 Å². The van der Waals surface area contributed by atoms with E-state index in [4.69, 9.17) is 9.47 Å². The first-order valence-corrected chi connectivity index (χ1v) is 7.10. The van der Waals surface area contributed by atoms with Crippen molar-refractivity contribution in [2.75, 3.05) is 32.2 Å². The summed E-state index contributed by atoms with van der Waals surface area (Å²) in [5.74, 6) is 1.51. The van der Waals surface area contributed by atoms with Gasteiger partial charge in [0.2, 0.25) is 0 Å². The Morgan fingerprint density at radius 3 is 2.89 bits per heavy atom. The number of ether oxygens (including phenoxy) is 2. The number of rotatable bonds is 5. The van der Waals surface area contributed by atoms with Gasteiger partial charge < -0.3 is 14.8 Å². The average Bonchev–Trinajstić information content (AvgIpc) is 2.41.